The van der Waals surface area contributed by atoms with Crippen LogP contribution in [0.25, 0.3) is 0 Å². The molecule has 0 aromatic heterocycles. The number of carboxylic acid groups (broad SMARTS) is 1. The first-order valence-electron chi connectivity index (χ1n) is 6.24. The number of carbonyl (C=O) groups is 1. The second-order valence-corrected chi connectivity index (χ2v) is 5.80. The van der Waals surface area contributed by atoms with Crippen molar-refractivity contribution in [1.29, 1.82) is 0 Å². The Morgan fingerprint density at radius 2 is 2.11 bits per heavy atom. The smallest absolute Gasteiger partial charge is 0.306 e. The summed E-state index contributed by atoms with van der Waals surface area (Å²) in [7, 11) is 0. The Morgan fingerprint density at radius 3 is 2.78 bits per heavy atom. The van der Waals surface area contributed by atoms with Crippen molar-refractivity contribution in [3.63, 3.8) is 0 Å². The Balaban J connectivity index is 2.10. The molecule has 0 bridgehead atoms. The van der Waals surface area contributed by atoms with Crippen LogP contribution in [0.5, 0.6) is 0 Å². The van der Waals surface area contributed by atoms with E-state index in [-0.39, 0.29) is 17.7 Å². The fourth-order valence-electron chi connectivity index (χ4n) is 2.75. The van der Waals surface area contributed by atoms with Gasteiger partial charge >= 0.3 is 5.97 Å². The average Bonchev–Trinajstić information content (AvgIpc) is 2.34. The lowest BCUT2D eigenvalue weighted by Gasteiger charge is -2.28. The monoisotopic (exact) mass is 314 g/mol. The molecule has 0 heterocycles. The van der Waals surface area contributed by atoms with Crippen molar-refractivity contribution in [2.45, 2.75) is 32.1 Å². The third-order valence-electron chi connectivity index (χ3n) is 3.71. The Bertz CT molecular complexity index is 447. The lowest BCUT2D eigenvalue weighted by Crippen LogP contribution is -2.28. The van der Waals surface area contributed by atoms with Crippen LogP contribution >= 0.6 is 15.9 Å². The molecule has 1 fully saturated rings. The van der Waals surface area contributed by atoms with E-state index in [4.69, 9.17) is 0 Å². The quantitative estimate of drug-likeness (QED) is 0.914. The average molecular weight is 315 g/mol. The number of halogens is 2. The van der Waals surface area contributed by atoms with E-state index in [1.165, 1.54) is 6.07 Å². The second kappa shape index (κ2) is 5.83. The zero-order chi connectivity index (χ0) is 13.1. The van der Waals surface area contributed by atoms with Crippen molar-refractivity contribution < 1.29 is 14.3 Å². The lowest BCUT2D eigenvalue weighted by atomic mass is 9.76. The van der Waals surface area contributed by atoms with E-state index in [2.05, 4.69) is 15.9 Å². The van der Waals surface area contributed by atoms with Crippen molar-refractivity contribution in [2.24, 2.45) is 11.8 Å². The standard InChI is InChI=1S/C14H16BrFO2/c15-12-8-9(5-6-13(12)16)7-10-3-1-2-4-11(10)14(17)18/h5-6,8,10-11H,1-4,7H2,(H,17,18). The van der Waals surface area contributed by atoms with Crippen LogP contribution in [0, 0.1) is 17.7 Å². The van der Waals surface area contributed by atoms with Crippen molar-refractivity contribution in [3.05, 3.63) is 34.1 Å². The van der Waals surface area contributed by atoms with E-state index in [1.54, 1.807) is 12.1 Å². The number of rotatable bonds is 3. The van der Waals surface area contributed by atoms with Crippen molar-refractivity contribution in [2.75, 3.05) is 0 Å². The highest BCUT2D eigenvalue weighted by molar-refractivity contribution is 9.10. The highest BCUT2D eigenvalue weighted by Crippen LogP contribution is 2.33. The molecular formula is C14H16BrFO2. The molecule has 1 aliphatic rings. The van der Waals surface area contributed by atoms with E-state index in [0.29, 0.717) is 4.47 Å². The maximum Gasteiger partial charge on any atom is 0.306 e. The van der Waals surface area contributed by atoms with Gasteiger partial charge in [-0.3, -0.25) is 4.79 Å². The molecule has 1 saturated carbocycles. The molecule has 1 aromatic rings. The number of aliphatic carboxylic acids is 1. The van der Waals surface area contributed by atoms with Gasteiger partial charge in [-0.1, -0.05) is 18.9 Å². The molecule has 0 spiro atoms. The number of carboxylic acids is 1. The minimum Gasteiger partial charge on any atom is -0.481 e. The second-order valence-electron chi connectivity index (χ2n) is 4.94. The van der Waals surface area contributed by atoms with E-state index >= 15 is 0 Å². The molecule has 2 unspecified atom stereocenters. The summed E-state index contributed by atoms with van der Waals surface area (Å²) in [5, 5.41) is 9.22. The summed E-state index contributed by atoms with van der Waals surface area (Å²) >= 11 is 3.16. The van der Waals surface area contributed by atoms with Gasteiger partial charge in [0.15, 0.2) is 0 Å². The normalized spacial score (nSPS) is 23.9. The van der Waals surface area contributed by atoms with Gasteiger partial charge in [0, 0.05) is 0 Å². The Hall–Kier alpha value is -0.900. The van der Waals surface area contributed by atoms with E-state index in [1.807, 2.05) is 0 Å². The first-order chi connectivity index (χ1) is 8.58. The van der Waals surface area contributed by atoms with Gasteiger partial charge in [-0.25, -0.2) is 4.39 Å². The molecule has 0 aliphatic heterocycles. The largest absolute Gasteiger partial charge is 0.481 e. The lowest BCUT2D eigenvalue weighted by molar-refractivity contribution is -0.144. The van der Waals surface area contributed by atoms with Gasteiger partial charge in [0.2, 0.25) is 0 Å². The predicted molar refractivity (Wildman–Crippen MR) is 70.9 cm³/mol. The van der Waals surface area contributed by atoms with Gasteiger partial charge in [0.25, 0.3) is 0 Å². The number of hydrogen-bond acceptors (Lipinski definition) is 1. The van der Waals surface area contributed by atoms with Crippen molar-refractivity contribution >= 4 is 21.9 Å². The van der Waals surface area contributed by atoms with Crippen molar-refractivity contribution in [3.8, 4) is 0 Å². The highest BCUT2D eigenvalue weighted by Gasteiger charge is 2.30. The fraction of sp³-hybridized carbons (Fsp3) is 0.500. The van der Waals surface area contributed by atoms with Gasteiger partial charge in [0.1, 0.15) is 5.82 Å². The van der Waals surface area contributed by atoms with Crippen molar-refractivity contribution in [1.82, 2.24) is 0 Å². The van der Waals surface area contributed by atoms with Gasteiger partial charge in [-0.2, -0.15) is 0 Å². The SMILES string of the molecule is O=C(O)C1CCCCC1Cc1ccc(F)c(Br)c1. The summed E-state index contributed by atoms with van der Waals surface area (Å²) < 4.78 is 13.6. The summed E-state index contributed by atoms with van der Waals surface area (Å²) in [5.41, 5.74) is 1.00. The van der Waals surface area contributed by atoms with Gasteiger partial charge in [-0.05, 0) is 58.8 Å². The molecule has 2 nitrogen and oxygen atoms in total. The highest BCUT2D eigenvalue weighted by atomic mass is 79.9. The van der Waals surface area contributed by atoms with Gasteiger partial charge in [-0.15, -0.1) is 0 Å². The van der Waals surface area contributed by atoms with Crippen LogP contribution in [0.15, 0.2) is 22.7 Å². The zero-order valence-corrected chi connectivity index (χ0v) is 11.6. The Morgan fingerprint density at radius 1 is 1.39 bits per heavy atom. The molecule has 4 heteroatoms. The molecule has 0 amide bonds. The van der Waals surface area contributed by atoms with Crippen LogP contribution in [-0.2, 0) is 11.2 Å². The van der Waals surface area contributed by atoms with E-state index < -0.39 is 5.97 Å². The molecule has 98 valence electrons. The molecule has 1 aliphatic carbocycles. The number of hydrogen-bond donors (Lipinski definition) is 1. The van der Waals surface area contributed by atoms with Crippen LogP contribution in [0.2, 0.25) is 0 Å². The van der Waals surface area contributed by atoms with Crippen LogP contribution in [0.4, 0.5) is 4.39 Å². The maximum absolute atomic E-state index is 13.1. The predicted octanol–water partition coefficient (Wildman–Crippen LogP) is 4.02. The fourth-order valence-corrected chi connectivity index (χ4v) is 3.17. The molecule has 0 saturated heterocycles. The molecule has 0 radical (unpaired) electrons. The summed E-state index contributed by atoms with van der Waals surface area (Å²) in [6.07, 6.45) is 4.53. The molecule has 2 atom stereocenters. The first kappa shape index (κ1) is 13.5. The number of benzene rings is 1. The molecule has 1 aromatic carbocycles. The molecular weight excluding hydrogens is 299 g/mol. The van der Waals surface area contributed by atoms with Gasteiger partial charge < -0.3 is 5.11 Å². The summed E-state index contributed by atoms with van der Waals surface area (Å²) in [6.45, 7) is 0. The third-order valence-corrected chi connectivity index (χ3v) is 4.32. The van der Waals surface area contributed by atoms with Gasteiger partial charge in [0.05, 0.1) is 10.4 Å². The Labute approximate surface area is 114 Å². The summed E-state index contributed by atoms with van der Waals surface area (Å²) in [6, 6.07) is 4.93. The van der Waals surface area contributed by atoms with Crippen LogP contribution < -0.4 is 0 Å². The molecule has 18 heavy (non-hydrogen) atoms. The minimum atomic E-state index is -0.694. The zero-order valence-electron chi connectivity index (χ0n) is 10.0. The molecule has 2 rings (SSSR count). The first-order valence-corrected chi connectivity index (χ1v) is 7.04. The molecule has 1 N–H and O–H groups in total. The van der Waals surface area contributed by atoms with Crippen LogP contribution in [0.3, 0.4) is 0 Å². The third kappa shape index (κ3) is 3.10. The van der Waals surface area contributed by atoms with Crippen LogP contribution in [-0.4, -0.2) is 11.1 Å². The summed E-state index contributed by atoms with van der Waals surface area (Å²) in [4.78, 5) is 11.2. The topological polar surface area (TPSA) is 37.3 Å². The maximum atomic E-state index is 13.1. The summed E-state index contributed by atoms with van der Waals surface area (Å²) in [5.74, 6) is -1.05. The Kier molecular flexibility index (Phi) is 4.38. The van der Waals surface area contributed by atoms with E-state index in [9.17, 15) is 14.3 Å². The van der Waals surface area contributed by atoms with E-state index in [0.717, 1.165) is 37.7 Å². The van der Waals surface area contributed by atoms with Crippen LogP contribution in [0.1, 0.15) is 31.2 Å². The minimum absolute atomic E-state index is 0.175.